The second kappa shape index (κ2) is 4.35. The van der Waals surface area contributed by atoms with E-state index in [1.54, 1.807) is 0 Å². The fraction of sp³-hybridized carbons (Fsp3) is 1.00. The van der Waals surface area contributed by atoms with Crippen LogP contribution in [0.2, 0.25) is 0 Å². The molecule has 0 N–H and O–H groups in total. The van der Waals surface area contributed by atoms with Crippen LogP contribution >= 0.6 is 15.9 Å². The van der Waals surface area contributed by atoms with Gasteiger partial charge in [-0.3, -0.25) is 0 Å². The predicted molar refractivity (Wildman–Crippen MR) is 48.7 cm³/mol. The van der Waals surface area contributed by atoms with Crippen LogP contribution in [0.15, 0.2) is 0 Å². The molecule has 1 nitrogen and oxygen atoms in total. The fourth-order valence-corrected chi connectivity index (χ4v) is 2.33. The molecular formula is C8H16BrN. The summed E-state index contributed by atoms with van der Waals surface area (Å²) in [4.78, 5) is 2.47. The van der Waals surface area contributed by atoms with E-state index < -0.39 is 0 Å². The van der Waals surface area contributed by atoms with Gasteiger partial charge in [0.05, 0.1) is 0 Å². The maximum Gasteiger partial charge on any atom is 0.0189 e. The van der Waals surface area contributed by atoms with E-state index in [0.29, 0.717) is 0 Å². The van der Waals surface area contributed by atoms with Gasteiger partial charge in [0.2, 0.25) is 0 Å². The monoisotopic (exact) mass is 205 g/mol. The predicted octanol–water partition coefficient (Wildman–Crippen LogP) is 2.26. The Kier molecular flexibility index (Phi) is 3.71. The van der Waals surface area contributed by atoms with E-state index in [1.807, 2.05) is 0 Å². The van der Waals surface area contributed by atoms with Crippen LogP contribution in [0.1, 0.15) is 25.7 Å². The third-order valence-electron chi connectivity index (χ3n) is 2.35. The fourth-order valence-electron chi connectivity index (χ4n) is 1.52. The molecule has 1 rings (SSSR count). The van der Waals surface area contributed by atoms with Crippen molar-refractivity contribution >= 4 is 15.9 Å². The first-order valence-corrected chi connectivity index (χ1v) is 5.23. The number of hydrogen-bond acceptors (Lipinski definition) is 1. The van der Waals surface area contributed by atoms with Gasteiger partial charge in [-0.2, -0.15) is 0 Å². The highest BCUT2D eigenvalue weighted by molar-refractivity contribution is 9.09. The van der Waals surface area contributed by atoms with Crippen LogP contribution in [0, 0.1) is 0 Å². The van der Waals surface area contributed by atoms with Crippen LogP contribution in [0.3, 0.4) is 0 Å². The van der Waals surface area contributed by atoms with Crippen LogP contribution in [-0.4, -0.2) is 29.9 Å². The molecular weight excluding hydrogens is 190 g/mol. The highest BCUT2D eigenvalue weighted by Gasteiger charge is 2.15. The van der Waals surface area contributed by atoms with E-state index in [0.717, 1.165) is 11.4 Å². The highest BCUT2D eigenvalue weighted by atomic mass is 79.9. The summed E-state index contributed by atoms with van der Waals surface area (Å²) in [5.41, 5.74) is 0. The van der Waals surface area contributed by atoms with Gasteiger partial charge in [0, 0.05) is 11.4 Å². The quantitative estimate of drug-likeness (QED) is 0.595. The van der Waals surface area contributed by atoms with E-state index >= 15 is 0 Å². The normalized spacial score (nSPS) is 30.0. The lowest BCUT2D eigenvalue weighted by Gasteiger charge is -2.23. The standard InChI is InChI=1S/C8H16BrN/c1-10-6-4-2-3-5-8(10)7-9/h8H,2-7H2,1H3. The second-order valence-electron chi connectivity index (χ2n) is 3.14. The van der Waals surface area contributed by atoms with Gasteiger partial charge in [-0.05, 0) is 26.4 Å². The molecule has 0 saturated carbocycles. The number of hydrogen-bond donors (Lipinski definition) is 0. The van der Waals surface area contributed by atoms with Gasteiger partial charge in [-0.25, -0.2) is 0 Å². The number of alkyl halides is 1. The molecule has 0 radical (unpaired) electrons. The minimum Gasteiger partial charge on any atom is -0.303 e. The topological polar surface area (TPSA) is 3.24 Å². The van der Waals surface area contributed by atoms with Crippen molar-refractivity contribution in [2.24, 2.45) is 0 Å². The SMILES string of the molecule is CN1CCCCCC1CBr. The van der Waals surface area contributed by atoms with Gasteiger partial charge in [-0.15, -0.1) is 0 Å². The summed E-state index contributed by atoms with van der Waals surface area (Å²) in [7, 11) is 2.23. The van der Waals surface area contributed by atoms with Gasteiger partial charge in [0.15, 0.2) is 0 Å². The highest BCUT2D eigenvalue weighted by Crippen LogP contribution is 2.16. The zero-order valence-corrected chi connectivity index (χ0v) is 8.23. The Morgan fingerprint density at radius 2 is 2.20 bits per heavy atom. The Hall–Kier alpha value is 0.440. The molecule has 1 aliphatic rings. The van der Waals surface area contributed by atoms with Crippen molar-refractivity contribution in [2.45, 2.75) is 31.7 Å². The third-order valence-corrected chi connectivity index (χ3v) is 3.10. The molecule has 1 atom stereocenters. The van der Waals surface area contributed by atoms with Crippen molar-refractivity contribution in [3.63, 3.8) is 0 Å². The Balaban J connectivity index is 2.35. The molecule has 1 fully saturated rings. The first-order valence-electron chi connectivity index (χ1n) is 4.11. The lowest BCUT2D eigenvalue weighted by atomic mass is 10.1. The van der Waals surface area contributed by atoms with Crippen LogP contribution in [-0.2, 0) is 0 Å². The average Bonchev–Trinajstić information content (AvgIpc) is 2.13. The third kappa shape index (κ3) is 2.24. The van der Waals surface area contributed by atoms with Crippen molar-refractivity contribution in [2.75, 3.05) is 18.9 Å². The Morgan fingerprint density at radius 3 is 2.90 bits per heavy atom. The van der Waals surface area contributed by atoms with E-state index in [4.69, 9.17) is 0 Å². The number of rotatable bonds is 1. The number of nitrogens with zero attached hydrogens (tertiary/aromatic N) is 1. The number of likely N-dealkylation sites (tertiary alicyclic amines) is 1. The molecule has 1 saturated heterocycles. The summed E-state index contributed by atoms with van der Waals surface area (Å²) < 4.78 is 0. The molecule has 0 aromatic carbocycles. The zero-order valence-electron chi connectivity index (χ0n) is 6.65. The smallest absolute Gasteiger partial charge is 0.0189 e. The molecule has 1 aliphatic heterocycles. The number of halogens is 1. The van der Waals surface area contributed by atoms with Crippen LogP contribution < -0.4 is 0 Å². The Morgan fingerprint density at radius 1 is 1.40 bits per heavy atom. The first-order chi connectivity index (χ1) is 4.84. The molecule has 0 bridgehead atoms. The molecule has 2 heteroatoms. The first kappa shape index (κ1) is 8.54. The molecule has 60 valence electrons. The Bertz CT molecular complexity index is 95.3. The van der Waals surface area contributed by atoms with Gasteiger partial charge in [-0.1, -0.05) is 28.8 Å². The zero-order chi connectivity index (χ0) is 7.40. The molecule has 0 aromatic heterocycles. The lowest BCUT2D eigenvalue weighted by Crippen LogP contribution is -2.32. The molecule has 0 aliphatic carbocycles. The van der Waals surface area contributed by atoms with E-state index in [1.165, 1.54) is 32.2 Å². The summed E-state index contributed by atoms with van der Waals surface area (Å²) in [5, 5.41) is 1.14. The van der Waals surface area contributed by atoms with Crippen molar-refractivity contribution < 1.29 is 0 Å². The van der Waals surface area contributed by atoms with Crippen molar-refractivity contribution in [1.29, 1.82) is 0 Å². The van der Waals surface area contributed by atoms with Gasteiger partial charge < -0.3 is 4.90 Å². The summed E-state index contributed by atoms with van der Waals surface area (Å²) in [6, 6.07) is 0.794. The van der Waals surface area contributed by atoms with Crippen molar-refractivity contribution in [3.8, 4) is 0 Å². The summed E-state index contributed by atoms with van der Waals surface area (Å²) in [6.07, 6.45) is 5.61. The lowest BCUT2D eigenvalue weighted by molar-refractivity contribution is 0.269. The van der Waals surface area contributed by atoms with Crippen LogP contribution in [0.25, 0.3) is 0 Å². The largest absolute Gasteiger partial charge is 0.303 e. The Labute approximate surface area is 71.9 Å². The molecule has 1 unspecified atom stereocenters. The van der Waals surface area contributed by atoms with Crippen molar-refractivity contribution in [3.05, 3.63) is 0 Å². The van der Waals surface area contributed by atoms with Gasteiger partial charge >= 0.3 is 0 Å². The second-order valence-corrected chi connectivity index (χ2v) is 3.79. The molecule has 0 spiro atoms. The van der Waals surface area contributed by atoms with E-state index in [2.05, 4.69) is 27.9 Å². The maximum absolute atomic E-state index is 3.54. The van der Waals surface area contributed by atoms with E-state index in [9.17, 15) is 0 Å². The van der Waals surface area contributed by atoms with Gasteiger partial charge in [0.25, 0.3) is 0 Å². The minimum absolute atomic E-state index is 0.794. The van der Waals surface area contributed by atoms with Crippen LogP contribution in [0.5, 0.6) is 0 Å². The minimum atomic E-state index is 0.794. The van der Waals surface area contributed by atoms with Crippen molar-refractivity contribution in [1.82, 2.24) is 4.90 Å². The summed E-state index contributed by atoms with van der Waals surface area (Å²) in [5.74, 6) is 0. The molecule has 0 aromatic rings. The summed E-state index contributed by atoms with van der Waals surface area (Å²) in [6.45, 7) is 1.29. The van der Waals surface area contributed by atoms with E-state index in [-0.39, 0.29) is 0 Å². The molecule has 0 amide bonds. The molecule has 10 heavy (non-hydrogen) atoms. The molecule has 1 heterocycles. The maximum atomic E-state index is 3.54. The van der Waals surface area contributed by atoms with Gasteiger partial charge in [0.1, 0.15) is 0 Å². The summed E-state index contributed by atoms with van der Waals surface area (Å²) >= 11 is 3.54. The average molecular weight is 206 g/mol. The van der Waals surface area contributed by atoms with Crippen LogP contribution in [0.4, 0.5) is 0 Å².